The van der Waals surface area contributed by atoms with Crippen molar-refractivity contribution >= 4 is 11.6 Å². The van der Waals surface area contributed by atoms with Gasteiger partial charge in [-0.25, -0.2) is 4.98 Å². The van der Waals surface area contributed by atoms with Crippen LogP contribution < -0.4 is 11.1 Å². The minimum atomic E-state index is -0.113. The molecule has 0 radical (unpaired) electrons. The molecule has 0 spiro atoms. The van der Waals surface area contributed by atoms with Crippen molar-refractivity contribution in [2.75, 3.05) is 5.32 Å². The summed E-state index contributed by atoms with van der Waals surface area (Å²) in [7, 11) is 0. The monoisotopic (exact) mass is 307 g/mol. The van der Waals surface area contributed by atoms with Crippen LogP contribution in [0.15, 0.2) is 48.5 Å². The van der Waals surface area contributed by atoms with Gasteiger partial charge in [-0.1, -0.05) is 36.4 Å². The molecule has 3 aromatic rings. The lowest BCUT2D eigenvalue weighted by molar-refractivity contribution is -0.114. The van der Waals surface area contributed by atoms with E-state index in [-0.39, 0.29) is 5.91 Å². The van der Waals surface area contributed by atoms with Crippen molar-refractivity contribution in [3.05, 3.63) is 54.1 Å². The number of aromatic nitrogens is 3. The van der Waals surface area contributed by atoms with Crippen molar-refractivity contribution in [3.8, 4) is 22.8 Å². The Morgan fingerprint density at radius 3 is 2.65 bits per heavy atom. The number of nitrogens with zero attached hydrogens (tertiary/aromatic N) is 2. The number of nitrogens with one attached hydrogen (secondary N) is 2. The second kappa shape index (κ2) is 6.41. The number of anilines is 1. The average Bonchev–Trinajstić information content (AvgIpc) is 3.04. The minimum absolute atomic E-state index is 0.113. The molecular formula is C17H17N5O. The highest BCUT2D eigenvalue weighted by Crippen LogP contribution is 2.22. The SMILES string of the molecule is CC(=O)Nc1cccc(-c2n[nH]c(-c3ccc(CN)cc3)n2)c1. The first-order valence-corrected chi connectivity index (χ1v) is 7.25. The molecule has 6 heteroatoms. The lowest BCUT2D eigenvalue weighted by Gasteiger charge is -2.03. The fraction of sp³-hybridized carbons (Fsp3) is 0.118. The van der Waals surface area contributed by atoms with Crippen LogP contribution in [0, 0.1) is 0 Å². The summed E-state index contributed by atoms with van der Waals surface area (Å²) in [6, 6.07) is 15.3. The fourth-order valence-corrected chi connectivity index (χ4v) is 2.26. The number of amides is 1. The molecule has 6 nitrogen and oxygen atoms in total. The van der Waals surface area contributed by atoms with E-state index in [1.807, 2.05) is 48.5 Å². The molecule has 23 heavy (non-hydrogen) atoms. The zero-order chi connectivity index (χ0) is 16.2. The molecule has 1 aromatic heterocycles. The number of H-pyrrole nitrogens is 1. The Labute approximate surface area is 133 Å². The second-order valence-corrected chi connectivity index (χ2v) is 5.17. The molecule has 0 fully saturated rings. The summed E-state index contributed by atoms with van der Waals surface area (Å²) in [6.45, 7) is 1.99. The van der Waals surface area contributed by atoms with Crippen LogP contribution >= 0.6 is 0 Å². The third kappa shape index (κ3) is 3.44. The number of aromatic amines is 1. The van der Waals surface area contributed by atoms with Crippen LogP contribution in [0.3, 0.4) is 0 Å². The highest BCUT2D eigenvalue weighted by Gasteiger charge is 2.08. The van der Waals surface area contributed by atoms with Gasteiger partial charge in [-0.3, -0.25) is 9.89 Å². The van der Waals surface area contributed by atoms with Crippen LogP contribution in [0.4, 0.5) is 5.69 Å². The third-order valence-corrected chi connectivity index (χ3v) is 3.39. The van der Waals surface area contributed by atoms with E-state index in [0.29, 0.717) is 23.9 Å². The van der Waals surface area contributed by atoms with Gasteiger partial charge in [-0.15, -0.1) is 0 Å². The first kappa shape index (κ1) is 14.9. The molecule has 4 N–H and O–H groups in total. The van der Waals surface area contributed by atoms with Crippen LogP contribution in [0.5, 0.6) is 0 Å². The number of hydrogen-bond donors (Lipinski definition) is 3. The molecule has 0 atom stereocenters. The zero-order valence-corrected chi connectivity index (χ0v) is 12.7. The molecule has 0 saturated carbocycles. The van der Waals surface area contributed by atoms with Crippen LogP contribution in [0.2, 0.25) is 0 Å². The smallest absolute Gasteiger partial charge is 0.221 e. The first-order chi connectivity index (χ1) is 11.2. The van der Waals surface area contributed by atoms with Crippen molar-refractivity contribution < 1.29 is 4.79 Å². The van der Waals surface area contributed by atoms with Gasteiger partial charge in [-0.2, -0.15) is 5.10 Å². The quantitative estimate of drug-likeness (QED) is 0.690. The second-order valence-electron chi connectivity index (χ2n) is 5.17. The molecule has 2 aromatic carbocycles. The van der Waals surface area contributed by atoms with Crippen molar-refractivity contribution in [2.24, 2.45) is 5.73 Å². The summed E-state index contributed by atoms with van der Waals surface area (Å²) in [5.41, 5.74) is 9.16. The summed E-state index contributed by atoms with van der Waals surface area (Å²) >= 11 is 0. The maximum absolute atomic E-state index is 11.1. The number of nitrogens with two attached hydrogens (primary N) is 1. The van der Waals surface area contributed by atoms with E-state index in [0.717, 1.165) is 16.7 Å². The zero-order valence-electron chi connectivity index (χ0n) is 12.7. The molecule has 3 rings (SSSR count). The Morgan fingerprint density at radius 2 is 1.96 bits per heavy atom. The number of rotatable bonds is 4. The number of hydrogen-bond acceptors (Lipinski definition) is 4. The lowest BCUT2D eigenvalue weighted by atomic mass is 10.1. The largest absolute Gasteiger partial charge is 0.326 e. The first-order valence-electron chi connectivity index (χ1n) is 7.25. The van der Waals surface area contributed by atoms with Gasteiger partial charge in [0.25, 0.3) is 0 Å². The van der Waals surface area contributed by atoms with Gasteiger partial charge in [0.2, 0.25) is 5.91 Å². The van der Waals surface area contributed by atoms with Gasteiger partial charge in [0.15, 0.2) is 11.6 Å². The van der Waals surface area contributed by atoms with Gasteiger partial charge in [0.1, 0.15) is 0 Å². The number of carbonyl (C=O) groups is 1. The van der Waals surface area contributed by atoms with Crippen LogP contribution in [-0.2, 0) is 11.3 Å². The topological polar surface area (TPSA) is 96.7 Å². The van der Waals surface area contributed by atoms with Gasteiger partial charge in [-0.05, 0) is 17.7 Å². The molecule has 1 heterocycles. The molecule has 116 valence electrons. The normalized spacial score (nSPS) is 10.5. The van der Waals surface area contributed by atoms with Crippen molar-refractivity contribution in [3.63, 3.8) is 0 Å². The molecule has 0 saturated heterocycles. The summed E-state index contributed by atoms with van der Waals surface area (Å²) in [6.07, 6.45) is 0. The van der Waals surface area contributed by atoms with E-state index in [9.17, 15) is 4.79 Å². The maximum atomic E-state index is 11.1. The van der Waals surface area contributed by atoms with E-state index in [1.165, 1.54) is 6.92 Å². The highest BCUT2D eigenvalue weighted by atomic mass is 16.1. The standard InChI is InChI=1S/C17H17N5O/c1-11(23)19-15-4-2-3-14(9-15)17-20-16(21-22-17)13-7-5-12(10-18)6-8-13/h2-9H,10,18H2,1H3,(H,19,23)(H,20,21,22). The molecule has 1 amide bonds. The molecule has 0 aliphatic heterocycles. The third-order valence-electron chi connectivity index (χ3n) is 3.39. The van der Waals surface area contributed by atoms with E-state index < -0.39 is 0 Å². The van der Waals surface area contributed by atoms with E-state index in [4.69, 9.17) is 5.73 Å². The van der Waals surface area contributed by atoms with Crippen LogP contribution in [-0.4, -0.2) is 21.1 Å². The van der Waals surface area contributed by atoms with Gasteiger partial charge >= 0.3 is 0 Å². The van der Waals surface area contributed by atoms with Crippen LogP contribution in [0.25, 0.3) is 22.8 Å². The summed E-state index contributed by atoms with van der Waals surface area (Å²) in [5, 5.41) is 9.94. The highest BCUT2D eigenvalue weighted by molar-refractivity contribution is 5.89. The van der Waals surface area contributed by atoms with Crippen molar-refractivity contribution in [1.82, 2.24) is 15.2 Å². The summed E-state index contributed by atoms with van der Waals surface area (Å²) < 4.78 is 0. The Hall–Kier alpha value is -2.99. The Bertz CT molecular complexity index is 823. The molecule has 0 unspecified atom stereocenters. The minimum Gasteiger partial charge on any atom is -0.326 e. The van der Waals surface area contributed by atoms with Gasteiger partial charge < -0.3 is 11.1 Å². The van der Waals surface area contributed by atoms with E-state index in [1.54, 1.807) is 0 Å². The predicted octanol–water partition coefficient (Wildman–Crippen LogP) is 2.56. The fourth-order valence-electron chi connectivity index (χ4n) is 2.26. The van der Waals surface area contributed by atoms with Crippen molar-refractivity contribution in [2.45, 2.75) is 13.5 Å². The Balaban J connectivity index is 1.87. The maximum Gasteiger partial charge on any atom is 0.221 e. The molecule has 0 aliphatic rings. The summed E-state index contributed by atoms with van der Waals surface area (Å²) in [5.74, 6) is 1.15. The molecule has 0 aliphatic carbocycles. The Kier molecular flexibility index (Phi) is 4.16. The van der Waals surface area contributed by atoms with E-state index >= 15 is 0 Å². The van der Waals surface area contributed by atoms with Gasteiger partial charge in [0, 0.05) is 30.3 Å². The van der Waals surface area contributed by atoms with Crippen molar-refractivity contribution in [1.29, 1.82) is 0 Å². The van der Waals surface area contributed by atoms with Crippen LogP contribution in [0.1, 0.15) is 12.5 Å². The lowest BCUT2D eigenvalue weighted by Crippen LogP contribution is -2.05. The number of benzene rings is 2. The Morgan fingerprint density at radius 1 is 1.17 bits per heavy atom. The summed E-state index contributed by atoms with van der Waals surface area (Å²) in [4.78, 5) is 15.7. The average molecular weight is 307 g/mol. The predicted molar refractivity (Wildman–Crippen MR) is 89.4 cm³/mol. The van der Waals surface area contributed by atoms with E-state index in [2.05, 4.69) is 20.5 Å². The molecule has 0 bridgehead atoms. The number of carbonyl (C=O) groups excluding carboxylic acids is 1. The van der Waals surface area contributed by atoms with Gasteiger partial charge in [0.05, 0.1) is 0 Å². The molecular weight excluding hydrogens is 290 g/mol.